The van der Waals surface area contributed by atoms with Crippen molar-refractivity contribution in [2.24, 2.45) is 0 Å². The fourth-order valence-corrected chi connectivity index (χ4v) is 3.59. The van der Waals surface area contributed by atoms with Crippen LogP contribution >= 0.6 is 38.9 Å². The van der Waals surface area contributed by atoms with Gasteiger partial charge < -0.3 is 5.32 Å². The van der Waals surface area contributed by atoms with Gasteiger partial charge in [0.15, 0.2) is 0 Å². The molecule has 1 nitrogen and oxygen atoms in total. The van der Waals surface area contributed by atoms with Crippen LogP contribution in [0.4, 0.5) is 0 Å². The molecule has 17 heavy (non-hydrogen) atoms. The molecule has 1 aromatic carbocycles. The van der Waals surface area contributed by atoms with Gasteiger partial charge in [-0.2, -0.15) is 0 Å². The maximum atomic E-state index is 6.33. The van der Waals surface area contributed by atoms with Gasteiger partial charge in [0, 0.05) is 26.5 Å². The second-order valence-corrected chi connectivity index (χ2v) is 5.87. The Labute approximate surface area is 119 Å². The van der Waals surface area contributed by atoms with Gasteiger partial charge in [0.25, 0.3) is 0 Å². The molecule has 2 rings (SSSR count). The maximum Gasteiger partial charge on any atom is 0.0499 e. The first-order valence-corrected chi connectivity index (χ1v) is 7.50. The molecule has 0 spiro atoms. The molecule has 0 fully saturated rings. The van der Waals surface area contributed by atoms with Crippen LogP contribution in [0.15, 0.2) is 34.1 Å². The van der Waals surface area contributed by atoms with Gasteiger partial charge in [0.2, 0.25) is 0 Å². The van der Waals surface area contributed by atoms with E-state index in [0.29, 0.717) is 0 Å². The third-order valence-electron chi connectivity index (χ3n) is 2.47. The van der Waals surface area contributed by atoms with Crippen molar-refractivity contribution in [1.82, 2.24) is 5.32 Å². The van der Waals surface area contributed by atoms with Crippen molar-refractivity contribution in [1.29, 1.82) is 0 Å². The number of benzene rings is 1. The molecule has 0 amide bonds. The zero-order valence-corrected chi connectivity index (χ0v) is 12.6. The molecule has 0 aliphatic rings. The molecule has 0 aliphatic carbocycles. The Kier molecular flexibility index (Phi) is 4.62. The Morgan fingerprint density at radius 2 is 2.18 bits per heavy atom. The molecule has 0 saturated heterocycles. The van der Waals surface area contributed by atoms with Crippen molar-refractivity contribution in [3.63, 3.8) is 0 Å². The van der Waals surface area contributed by atoms with E-state index in [1.54, 1.807) is 11.3 Å². The Morgan fingerprint density at radius 3 is 2.76 bits per heavy atom. The van der Waals surface area contributed by atoms with E-state index in [1.165, 1.54) is 10.4 Å². The summed E-state index contributed by atoms with van der Waals surface area (Å²) in [6.45, 7) is 3.93. The maximum absolute atomic E-state index is 6.33. The van der Waals surface area contributed by atoms with Crippen molar-refractivity contribution < 1.29 is 0 Å². The third kappa shape index (κ3) is 3.10. The van der Waals surface area contributed by atoms with Gasteiger partial charge in [0.1, 0.15) is 0 Å². The molecule has 1 aromatic heterocycles. The highest BCUT2D eigenvalue weighted by molar-refractivity contribution is 9.10. The highest BCUT2D eigenvalue weighted by Crippen LogP contribution is 2.37. The first-order chi connectivity index (χ1) is 8.22. The van der Waals surface area contributed by atoms with Gasteiger partial charge in [0.05, 0.1) is 0 Å². The van der Waals surface area contributed by atoms with Crippen LogP contribution in [-0.4, -0.2) is 6.54 Å². The monoisotopic (exact) mass is 329 g/mol. The van der Waals surface area contributed by atoms with Crippen molar-refractivity contribution in [3.8, 4) is 10.4 Å². The molecule has 1 N–H and O–H groups in total. The minimum atomic E-state index is 0.809. The largest absolute Gasteiger partial charge is 0.313 e. The minimum Gasteiger partial charge on any atom is -0.313 e. The van der Waals surface area contributed by atoms with E-state index in [2.05, 4.69) is 45.7 Å². The molecule has 0 bridgehead atoms. The predicted octanol–water partition coefficient (Wildman–Crippen LogP) is 4.94. The van der Waals surface area contributed by atoms with E-state index >= 15 is 0 Å². The SMILES string of the molecule is CCNCc1ccc(-c2sccc2Br)c(Cl)c1. The Hall–Kier alpha value is -0.350. The summed E-state index contributed by atoms with van der Waals surface area (Å²) in [5.41, 5.74) is 2.31. The van der Waals surface area contributed by atoms with Gasteiger partial charge in [-0.25, -0.2) is 0 Å². The Bertz CT molecular complexity index is 510. The number of thiophene rings is 1. The van der Waals surface area contributed by atoms with Crippen LogP contribution in [0.3, 0.4) is 0 Å². The van der Waals surface area contributed by atoms with E-state index < -0.39 is 0 Å². The molecule has 90 valence electrons. The molecular formula is C13H13BrClNS. The van der Waals surface area contributed by atoms with Crippen molar-refractivity contribution >= 4 is 38.9 Å². The lowest BCUT2D eigenvalue weighted by atomic mass is 10.1. The number of hydrogen-bond donors (Lipinski definition) is 1. The summed E-state index contributed by atoms with van der Waals surface area (Å²) in [7, 11) is 0. The first-order valence-electron chi connectivity index (χ1n) is 5.45. The fraction of sp³-hybridized carbons (Fsp3) is 0.231. The average Bonchev–Trinajstić information content (AvgIpc) is 2.73. The summed E-state index contributed by atoms with van der Waals surface area (Å²) in [5.74, 6) is 0. The zero-order chi connectivity index (χ0) is 12.3. The number of nitrogens with one attached hydrogen (secondary N) is 1. The lowest BCUT2D eigenvalue weighted by molar-refractivity contribution is 0.727. The summed E-state index contributed by atoms with van der Waals surface area (Å²) in [4.78, 5) is 1.19. The molecule has 0 atom stereocenters. The van der Waals surface area contributed by atoms with Crippen LogP contribution in [0.2, 0.25) is 5.02 Å². The second-order valence-electron chi connectivity index (χ2n) is 3.69. The van der Waals surface area contributed by atoms with E-state index in [9.17, 15) is 0 Å². The standard InChI is InChI=1S/C13H13BrClNS/c1-2-16-8-9-3-4-10(12(15)7-9)13-11(14)5-6-17-13/h3-7,16H,2,8H2,1H3. The number of halogens is 2. The van der Waals surface area contributed by atoms with Crippen LogP contribution < -0.4 is 5.32 Å². The summed E-state index contributed by atoms with van der Waals surface area (Å²) in [6.07, 6.45) is 0. The molecule has 4 heteroatoms. The van der Waals surface area contributed by atoms with Gasteiger partial charge in [-0.3, -0.25) is 0 Å². The lowest BCUT2D eigenvalue weighted by Gasteiger charge is -2.07. The van der Waals surface area contributed by atoms with Crippen LogP contribution in [0.1, 0.15) is 12.5 Å². The minimum absolute atomic E-state index is 0.809. The van der Waals surface area contributed by atoms with E-state index in [0.717, 1.165) is 28.1 Å². The van der Waals surface area contributed by atoms with Crippen molar-refractivity contribution in [3.05, 3.63) is 44.7 Å². The molecular weight excluding hydrogens is 318 g/mol. The van der Waals surface area contributed by atoms with E-state index in [1.807, 2.05) is 12.1 Å². The Balaban J connectivity index is 2.29. The van der Waals surface area contributed by atoms with Gasteiger partial charge in [-0.15, -0.1) is 11.3 Å². The van der Waals surface area contributed by atoms with Crippen molar-refractivity contribution in [2.45, 2.75) is 13.5 Å². The van der Waals surface area contributed by atoms with Crippen LogP contribution in [-0.2, 0) is 6.54 Å². The number of hydrogen-bond acceptors (Lipinski definition) is 2. The smallest absolute Gasteiger partial charge is 0.0499 e. The van der Waals surface area contributed by atoms with Crippen LogP contribution in [0, 0.1) is 0 Å². The molecule has 0 saturated carbocycles. The molecule has 1 heterocycles. The molecule has 0 radical (unpaired) electrons. The topological polar surface area (TPSA) is 12.0 Å². The normalized spacial score (nSPS) is 10.8. The molecule has 0 aliphatic heterocycles. The summed E-state index contributed by atoms with van der Waals surface area (Å²) >= 11 is 11.6. The van der Waals surface area contributed by atoms with Crippen molar-refractivity contribution in [2.75, 3.05) is 6.54 Å². The molecule has 0 unspecified atom stereocenters. The second kappa shape index (κ2) is 6.01. The summed E-state index contributed by atoms with van der Waals surface area (Å²) in [5, 5.41) is 6.16. The van der Waals surface area contributed by atoms with Crippen LogP contribution in [0.5, 0.6) is 0 Å². The molecule has 2 aromatic rings. The first kappa shape index (κ1) is 13.1. The Morgan fingerprint density at radius 1 is 1.35 bits per heavy atom. The summed E-state index contributed by atoms with van der Waals surface area (Å²) in [6, 6.07) is 8.29. The van der Waals surface area contributed by atoms with Gasteiger partial charge in [-0.05, 0) is 45.6 Å². The predicted molar refractivity (Wildman–Crippen MR) is 79.8 cm³/mol. The highest BCUT2D eigenvalue weighted by atomic mass is 79.9. The van der Waals surface area contributed by atoms with E-state index in [-0.39, 0.29) is 0 Å². The quantitative estimate of drug-likeness (QED) is 0.837. The van der Waals surface area contributed by atoms with Gasteiger partial charge in [-0.1, -0.05) is 30.7 Å². The zero-order valence-electron chi connectivity index (χ0n) is 9.47. The summed E-state index contributed by atoms with van der Waals surface area (Å²) < 4.78 is 1.10. The number of rotatable bonds is 4. The fourth-order valence-electron chi connectivity index (χ4n) is 1.61. The highest BCUT2D eigenvalue weighted by Gasteiger charge is 2.09. The average molecular weight is 331 g/mol. The van der Waals surface area contributed by atoms with Gasteiger partial charge >= 0.3 is 0 Å². The van der Waals surface area contributed by atoms with Crippen LogP contribution in [0.25, 0.3) is 10.4 Å². The van der Waals surface area contributed by atoms with E-state index in [4.69, 9.17) is 11.6 Å². The lowest BCUT2D eigenvalue weighted by Crippen LogP contribution is -2.11. The third-order valence-corrected chi connectivity index (χ3v) is 4.66.